The van der Waals surface area contributed by atoms with Crippen molar-refractivity contribution in [2.75, 3.05) is 17.2 Å². The van der Waals surface area contributed by atoms with Crippen LogP contribution in [-0.2, 0) is 33.9 Å². The number of hydrogen-bond donors (Lipinski definition) is 3. The van der Waals surface area contributed by atoms with Crippen LogP contribution in [0.4, 0.5) is 16.2 Å². The maximum Gasteiger partial charge on any atom is 0.435 e. The minimum atomic E-state index is -1.36. The maximum absolute atomic E-state index is 13.3. The Morgan fingerprint density at radius 2 is 1.57 bits per heavy atom. The molecule has 0 saturated heterocycles. The molecule has 46 heavy (non-hydrogen) atoms. The lowest BCUT2D eigenvalue weighted by atomic mass is 10.1. The van der Waals surface area contributed by atoms with E-state index in [4.69, 9.17) is 10.5 Å². The highest BCUT2D eigenvalue weighted by Gasteiger charge is 2.29. The first kappa shape index (κ1) is 31.5. The highest BCUT2D eigenvalue weighted by molar-refractivity contribution is 6.06. The van der Waals surface area contributed by atoms with Crippen LogP contribution in [-0.4, -0.2) is 47.2 Å². The molecule has 11 nitrogen and oxygen atoms in total. The average molecular weight is 619 g/mol. The first-order valence-corrected chi connectivity index (χ1v) is 14.6. The standard InChI is InChI=1S/C35H33N5O6/c36-32(39-35(45)46-22-24-9-5-2-6-10-24)25-13-15-28(16-14-25)37-33(43)26-11-12-27-21-40(18-17-23-7-3-1-4-8-23)34(44)30(20-31(41)42)38-29(27)19-26/h1-16,19,30,38H,17-18,20-22H2,(H,37,43)(H,41,42)(H2,36,39,45)/p-1. The number of benzene rings is 4. The number of nitrogens with zero attached hydrogens (tertiary/aromatic N) is 2. The second-order valence-corrected chi connectivity index (χ2v) is 10.7. The van der Waals surface area contributed by atoms with Crippen LogP contribution in [0, 0.1) is 0 Å². The van der Waals surface area contributed by atoms with Crippen LogP contribution in [0.15, 0.2) is 108 Å². The van der Waals surface area contributed by atoms with E-state index in [0.717, 1.165) is 16.7 Å². The summed E-state index contributed by atoms with van der Waals surface area (Å²) < 4.78 is 5.14. The van der Waals surface area contributed by atoms with Crippen molar-refractivity contribution in [1.29, 1.82) is 0 Å². The zero-order valence-electron chi connectivity index (χ0n) is 24.8. The SMILES string of the molecule is N/C(=N/C(=O)OCc1ccccc1)c1ccc(NC(=O)c2ccc3c(c2)NC(CC(=O)[O-])C(=O)N(CCc2ccccc2)C3)cc1. The summed E-state index contributed by atoms with van der Waals surface area (Å²) >= 11 is 0. The molecule has 4 aromatic carbocycles. The summed E-state index contributed by atoms with van der Waals surface area (Å²) in [5.41, 5.74) is 10.3. The molecule has 1 unspecified atom stereocenters. The van der Waals surface area contributed by atoms with E-state index < -0.39 is 30.4 Å². The van der Waals surface area contributed by atoms with E-state index in [1.54, 1.807) is 47.4 Å². The molecule has 3 amide bonds. The molecule has 0 bridgehead atoms. The molecular weight excluding hydrogens is 586 g/mol. The van der Waals surface area contributed by atoms with Crippen molar-refractivity contribution >= 4 is 41.1 Å². The molecule has 0 saturated carbocycles. The normalized spacial score (nSPS) is 14.4. The fourth-order valence-corrected chi connectivity index (χ4v) is 4.99. The number of carboxylic acids is 1. The predicted octanol–water partition coefficient (Wildman–Crippen LogP) is 3.49. The summed E-state index contributed by atoms with van der Waals surface area (Å²) in [5, 5.41) is 17.3. The van der Waals surface area contributed by atoms with Gasteiger partial charge in [0.25, 0.3) is 5.91 Å². The number of carbonyl (C=O) groups is 4. The van der Waals surface area contributed by atoms with E-state index in [1.807, 2.05) is 60.7 Å². The Labute approximate surface area is 265 Å². The number of aliphatic imine (C=N–C) groups is 1. The topological polar surface area (TPSA) is 166 Å². The number of anilines is 2. The number of amidine groups is 1. The lowest BCUT2D eigenvalue weighted by molar-refractivity contribution is -0.305. The maximum atomic E-state index is 13.3. The monoisotopic (exact) mass is 618 g/mol. The Morgan fingerprint density at radius 3 is 2.24 bits per heavy atom. The number of nitrogens with one attached hydrogen (secondary N) is 2. The molecule has 1 atom stereocenters. The van der Waals surface area contributed by atoms with Gasteiger partial charge in [0.15, 0.2) is 0 Å². The second-order valence-electron chi connectivity index (χ2n) is 10.7. The van der Waals surface area contributed by atoms with Gasteiger partial charge in [-0.3, -0.25) is 9.59 Å². The molecule has 0 spiro atoms. The van der Waals surface area contributed by atoms with Crippen LogP contribution in [0.25, 0.3) is 0 Å². The molecule has 0 fully saturated rings. The highest BCUT2D eigenvalue weighted by Crippen LogP contribution is 2.26. The minimum Gasteiger partial charge on any atom is -0.550 e. The molecule has 1 aliphatic heterocycles. The number of rotatable bonds is 10. The van der Waals surface area contributed by atoms with E-state index in [0.29, 0.717) is 35.5 Å². The van der Waals surface area contributed by atoms with Crippen molar-refractivity contribution in [1.82, 2.24) is 4.90 Å². The summed E-state index contributed by atoms with van der Waals surface area (Å²) in [4.78, 5) is 55.4. The summed E-state index contributed by atoms with van der Waals surface area (Å²) in [7, 11) is 0. The van der Waals surface area contributed by atoms with Gasteiger partial charge in [0.05, 0.1) is 0 Å². The van der Waals surface area contributed by atoms with Gasteiger partial charge in [-0.1, -0.05) is 66.7 Å². The summed E-state index contributed by atoms with van der Waals surface area (Å²) in [6.45, 7) is 0.722. The Hall–Kier alpha value is -5.97. The average Bonchev–Trinajstić information content (AvgIpc) is 3.19. The van der Waals surface area contributed by atoms with E-state index in [-0.39, 0.29) is 24.9 Å². The Balaban J connectivity index is 1.24. The summed E-state index contributed by atoms with van der Waals surface area (Å²) in [6, 6.07) is 29.3. The van der Waals surface area contributed by atoms with Crippen LogP contribution < -0.4 is 21.5 Å². The van der Waals surface area contributed by atoms with Gasteiger partial charge in [-0.05, 0) is 59.5 Å². The van der Waals surface area contributed by atoms with Gasteiger partial charge in [-0.15, -0.1) is 0 Å². The molecular formula is C35H32N5O6-. The molecule has 0 aliphatic carbocycles. The largest absolute Gasteiger partial charge is 0.550 e. The highest BCUT2D eigenvalue weighted by atomic mass is 16.5. The molecule has 4 N–H and O–H groups in total. The van der Waals surface area contributed by atoms with Gasteiger partial charge in [-0.25, -0.2) is 4.79 Å². The van der Waals surface area contributed by atoms with Crippen LogP contribution in [0.1, 0.15) is 39.0 Å². The molecule has 1 heterocycles. The quantitative estimate of drug-likeness (QED) is 0.179. The van der Waals surface area contributed by atoms with Crippen molar-refractivity contribution in [2.45, 2.75) is 32.0 Å². The van der Waals surface area contributed by atoms with Crippen molar-refractivity contribution in [2.24, 2.45) is 10.7 Å². The Morgan fingerprint density at radius 1 is 0.913 bits per heavy atom. The van der Waals surface area contributed by atoms with E-state index in [9.17, 15) is 24.3 Å². The van der Waals surface area contributed by atoms with E-state index in [1.165, 1.54) is 0 Å². The first-order chi connectivity index (χ1) is 22.2. The van der Waals surface area contributed by atoms with Gasteiger partial charge >= 0.3 is 6.09 Å². The lowest BCUT2D eigenvalue weighted by Crippen LogP contribution is -2.44. The second kappa shape index (κ2) is 14.7. The van der Waals surface area contributed by atoms with E-state index >= 15 is 0 Å². The zero-order chi connectivity index (χ0) is 32.5. The fraction of sp³-hybridized carbons (Fsp3) is 0.171. The van der Waals surface area contributed by atoms with Crippen LogP contribution >= 0.6 is 0 Å². The number of aliphatic carboxylic acids is 1. The smallest absolute Gasteiger partial charge is 0.435 e. The predicted molar refractivity (Wildman–Crippen MR) is 171 cm³/mol. The summed E-state index contributed by atoms with van der Waals surface area (Å²) in [5.74, 6) is -2.17. The number of nitrogens with two attached hydrogens (primary N) is 1. The lowest BCUT2D eigenvalue weighted by Gasteiger charge is -2.25. The van der Waals surface area contributed by atoms with E-state index in [2.05, 4.69) is 15.6 Å². The molecule has 11 heteroatoms. The van der Waals surface area contributed by atoms with Crippen molar-refractivity contribution in [3.8, 4) is 0 Å². The van der Waals surface area contributed by atoms with Crippen LogP contribution in [0.3, 0.4) is 0 Å². The minimum absolute atomic E-state index is 0.0359. The number of fused-ring (bicyclic) bond motifs is 1. The van der Waals surface area contributed by atoms with Gasteiger partial charge in [-0.2, -0.15) is 4.99 Å². The van der Waals surface area contributed by atoms with Gasteiger partial charge in [0, 0.05) is 48.0 Å². The van der Waals surface area contributed by atoms with Crippen LogP contribution in [0.2, 0.25) is 0 Å². The fourth-order valence-electron chi connectivity index (χ4n) is 4.99. The van der Waals surface area contributed by atoms with Gasteiger partial charge < -0.3 is 35.9 Å². The molecule has 234 valence electrons. The first-order valence-electron chi connectivity index (χ1n) is 14.6. The number of carboxylic acid groups (broad SMARTS) is 1. The number of carbonyl (C=O) groups excluding carboxylic acids is 4. The molecule has 5 rings (SSSR count). The number of ether oxygens (including phenoxy) is 1. The summed E-state index contributed by atoms with van der Waals surface area (Å²) in [6.07, 6.45) is -0.728. The zero-order valence-corrected chi connectivity index (χ0v) is 24.8. The Kier molecular flexibility index (Phi) is 10.0. The Bertz CT molecular complexity index is 1740. The number of hydrogen-bond acceptors (Lipinski definition) is 7. The van der Waals surface area contributed by atoms with Gasteiger partial charge in [0.1, 0.15) is 18.5 Å². The van der Waals surface area contributed by atoms with Crippen molar-refractivity contribution in [3.05, 3.63) is 131 Å². The van der Waals surface area contributed by atoms with Gasteiger partial charge in [0.2, 0.25) is 5.91 Å². The molecule has 0 aromatic heterocycles. The van der Waals surface area contributed by atoms with Crippen molar-refractivity contribution < 1.29 is 29.0 Å². The molecule has 0 radical (unpaired) electrons. The van der Waals surface area contributed by atoms with Crippen molar-refractivity contribution in [3.63, 3.8) is 0 Å². The molecule has 1 aliphatic rings. The third-order valence-electron chi connectivity index (χ3n) is 7.41. The third-order valence-corrected chi connectivity index (χ3v) is 7.41. The third kappa shape index (κ3) is 8.35. The molecule has 4 aromatic rings. The number of amides is 3. The van der Waals surface area contributed by atoms with Crippen LogP contribution in [0.5, 0.6) is 0 Å².